The van der Waals surface area contributed by atoms with Gasteiger partial charge in [0.05, 0.1) is 0 Å². The van der Waals surface area contributed by atoms with Crippen LogP contribution in [0.4, 0.5) is 5.82 Å². The summed E-state index contributed by atoms with van der Waals surface area (Å²) in [5.74, 6) is 0.0905. The summed E-state index contributed by atoms with van der Waals surface area (Å²) in [6.45, 7) is 4.51. The second-order valence-corrected chi connectivity index (χ2v) is 9.91. The quantitative estimate of drug-likeness (QED) is 0.282. The Morgan fingerprint density at radius 1 is 1.06 bits per heavy atom. The van der Waals surface area contributed by atoms with Crippen LogP contribution in [0.1, 0.15) is 46.8 Å². The Labute approximate surface area is 216 Å². The minimum atomic E-state index is -0.988. The van der Waals surface area contributed by atoms with E-state index in [2.05, 4.69) is 88.9 Å². The summed E-state index contributed by atoms with van der Waals surface area (Å²) in [7, 11) is 0. The molecule has 5 nitrogen and oxygen atoms in total. The van der Waals surface area contributed by atoms with Gasteiger partial charge in [0, 0.05) is 25.0 Å². The number of rotatable bonds is 7. The van der Waals surface area contributed by atoms with E-state index in [9.17, 15) is 9.90 Å². The second-order valence-electron chi connectivity index (χ2n) is 9.52. The van der Waals surface area contributed by atoms with Gasteiger partial charge >= 0.3 is 5.97 Å². The number of hydrogen-bond donors (Lipinski definition) is 2. The monoisotopic (exact) mass is 499 g/mol. The first kappa shape index (κ1) is 24.3. The average molecular weight is 500 g/mol. The van der Waals surface area contributed by atoms with Gasteiger partial charge in [0.15, 0.2) is 0 Å². The van der Waals surface area contributed by atoms with E-state index in [-0.39, 0.29) is 17.5 Å². The lowest BCUT2D eigenvalue weighted by Crippen LogP contribution is -2.44. The van der Waals surface area contributed by atoms with Gasteiger partial charge < -0.3 is 15.3 Å². The largest absolute Gasteiger partial charge is 0.478 e. The molecule has 1 fully saturated rings. The number of aromatic nitrogens is 1. The molecule has 1 aliphatic heterocycles. The highest BCUT2D eigenvalue weighted by Gasteiger charge is 2.33. The Kier molecular flexibility index (Phi) is 7.21. The molecule has 2 N–H and O–H groups in total. The normalized spacial score (nSPS) is 18.8. The van der Waals surface area contributed by atoms with Gasteiger partial charge in [-0.05, 0) is 59.8 Å². The van der Waals surface area contributed by atoms with Crippen molar-refractivity contribution in [2.75, 3.05) is 24.5 Å². The van der Waals surface area contributed by atoms with Gasteiger partial charge in [0.1, 0.15) is 16.5 Å². The SMILES string of the molecule is C[C@@H](NCC1CCN(c2nc(Cl)ccc2C(=O)O)CC1c1ccccc1)c1cccc2ccccc12. The molecular weight excluding hydrogens is 470 g/mol. The third kappa shape index (κ3) is 5.08. The zero-order chi connectivity index (χ0) is 25.1. The molecule has 0 bridgehead atoms. The van der Waals surface area contributed by atoms with E-state index in [4.69, 9.17) is 11.6 Å². The maximum absolute atomic E-state index is 11.9. The zero-order valence-corrected chi connectivity index (χ0v) is 21.0. The van der Waals surface area contributed by atoms with E-state index in [1.165, 1.54) is 28.0 Å². The molecule has 5 rings (SSSR count). The maximum atomic E-state index is 11.9. The number of pyridine rings is 1. The van der Waals surface area contributed by atoms with Crippen molar-refractivity contribution in [2.45, 2.75) is 25.3 Å². The summed E-state index contributed by atoms with van der Waals surface area (Å²) in [5.41, 5.74) is 2.74. The Hall–Kier alpha value is -3.41. The topological polar surface area (TPSA) is 65.5 Å². The number of benzene rings is 3. The fourth-order valence-corrected chi connectivity index (χ4v) is 5.56. The molecule has 184 valence electrons. The predicted octanol–water partition coefficient (Wildman–Crippen LogP) is 6.55. The van der Waals surface area contributed by atoms with E-state index in [1.54, 1.807) is 6.07 Å². The molecule has 0 spiro atoms. The van der Waals surface area contributed by atoms with E-state index < -0.39 is 5.97 Å². The lowest BCUT2D eigenvalue weighted by molar-refractivity contribution is 0.0697. The van der Waals surface area contributed by atoms with Crippen molar-refractivity contribution >= 4 is 34.2 Å². The molecule has 1 aromatic heterocycles. The minimum Gasteiger partial charge on any atom is -0.478 e. The van der Waals surface area contributed by atoms with E-state index >= 15 is 0 Å². The molecule has 0 aliphatic carbocycles. The number of nitrogens with zero attached hydrogens (tertiary/aromatic N) is 2. The highest BCUT2D eigenvalue weighted by Crippen LogP contribution is 2.36. The summed E-state index contributed by atoms with van der Waals surface area (Å²) in [6, 6.07) is 28.8. The number of piperidine rings is 1. The van der Waals surface area contributed by atoms with Crippen LogP contribution in [0, 0.1) is 5.92 Å². The number of halogens is 1. The second kappa shape index (κ2) is 10.7. The molecule has 1 saturated heterocycles. The van der Waals surface area contributed by atoms with Crippen molar-refractivity contribution in [1.82, 2.24) is 10.3 Å². The lowest BCUT2D eigenvalue weighted by Gasteiger charge is -2.40. The molecule has 2 unspecified atom stereocenters. The number of aromatic carboxylic acids is 1. The number of carboxylic acid groups (broad SMARTS) is 1. The van der Waals surface area contributed by atoms with Crippen LogP contribution in [-0.4, -0.2) is 35.7 Å². The molecular formula is C30H30ClN3O2. The summed E-state index contributed by atoms with van der Waals surface area (Å²) >= 11 is 6.17. The van der Waals surface area contributed by atoms with Crippen molar-refractivity contribution in [2.24, 2.45) is 5.92 Å². The van der Waals surface area contributed by atoms with Gasteiger partial charge in [-0.25, -0.2) is 9.78 Å². The summed E-state index contributed by atoms with van der Waals surface area (Å²) in [4.78, 5) is 18.4. The number of anilines is 1. The number of fused-ring (bicyclic) bond motifs is 1. The summed E-state index contributed by atoms with van der Waals surface area (Å²) < 4.78 is 0. The van der Waals surface area contributed by atoms with Crippen LogP contribution in [0.2, 0.25) is 5.15 Å². The summed E-state index contributed by atoms with van der Waals surface area (Å²) in [5, 5.41) is 16.4. The number of hydrogen-bond acceptors (Lipinski definition) is 4. The smallest absolute Gasteiger partial charge is 0.339 e. The van der Waals surface area contributed by atoms with Crippen molar-refractivity contribution < 1.29 is 9.90 Å². The molecule has 0 saturated carbocycles. The Morgan fingerprint density at radius 2 is 1.81 bits per heavy atom. The first-order valence-corrected chi connectivity index (χ1v) is 12.8. The van der Waals surface area contributed by atoms with Gasteiger partial charge in [-0.2, -0.15) is 0 Å². The molecule has 3 atom stereocenters. The van der Waals surface area contributed by atoms with Crippen LogP contribution in [0.15, 0.2) is 84.9 Å². The van der Waals surface area contributed by atoms with Gasteiger partial charge in [-0.15, -0.1) is 0 Å². The first-order valence-electron chi connectivity index (χ1n) is 12.4. The molecule has 36 heavy (non-hydrogen) atoms. The fourth-order valence-electron chi connectivity index (χ4n) is 5.41. The highest BCUT2D eigenvalue weighted by atomic mass is 35.5. The van der Waals surface area contributed by atoms with Crippen LogP contribution in [-0.2, 0) is 0 Å². The van der Waals surface area contributed by atoms with E-state index in [0.29, 0.717) is 23.4 Å². The number of carboxylic acids is 1. The fraction of sp³-hybridized carbons (Fsp3) is 0.267. The molecule has 0 amide bonds. The van der Waals surface area contributed by atoms with Crippen molar-refractivity contribution in [3.63, 3.8) is 0 Å². The van der Waals surface area contributed by atoms with Crippen LogP contribution in [0.5, 0.6) is 0 Å². The van der Waals surface area contributed by atoms with Crippen molar-refractivity contribution in [3.8, 4) is 0 Å². The zero-order valence-electron chi connectivity index (χ0n) is 20.3. The molecule has 0 radical (unpaired) electrons. The van der Waals surface area contributed by atoms with Gasteiger partial charge in [-0.1, -0.05) is 84.4 Å². The Morgan fingerprint density at radius 3 is 2.61 bits per heavy atom. The molecule has 2 heterocycles. The van der Waals surface area contributed by atoms with Gasteiger partial charge in [0.25, 0.3) is 0 Å². The maximum Gasteiger partial charge on any atom is 0.339 e. The van der Waals surface area contributed by atoms with Gasteiger partial charge in [0.2, 0.25) is 0 Å². The third-order valence-electron chi connectivity index (χ3n) is 7.33. The molecule has 4 aromatic rings. The highest BCUT2D eigenvalue weighted by molar-refractivity contribution is 6.29. The van der Waals surface area contributed by atoms with Crippen LogP contribution >= 0.6 is 11.6 Å². The van der Waals surface area contributed by atoms with Crippen molar-refractivity contribution in [3.05, 3.63) is 107 Å². The minimum absolute atomic E-state index is 0.187. The average Bonchev–Trinajstić information content (AvgIpc) is 2.91. The lowest BCUT2D eigenvalue weighted by atomic mass is 9.80. The molecule has 6 heteroatoms. The Balaban J connectivity index is 1.38. The van der Waals surface area contributed by atoms with Crippen molar-refractivity contribution in [1.29, 1.82) is 0 Å². The predicted molar refractivity (Wildman–Crippen MR) is 146 cm³/mol. The van der Waals surface area contributed by atoms with E-state index in [1.807, 2.05) is 6.07 Å². The third-order valence-corrected chi connectivity index (χ3v) is 7.54. The Bertz CT molecular complexity index is 1360. The number of carbonyl (C=O) groups is 1. The standard InChI is InChI=1S/C30H30ClN3O2/c1-20(24-13-7-11-21-10-5-6-12-25(21)24)32-18-23-16-17-34(19-27(23)22-8-3-2-4-9-22)29-26(30(35)36)14-15-28(31)33-29/h2-15,20,23,27,32H,16-19H2,1H3,(H,35,36)/t20-,23?,27?/m1/s1. The van der Waals surface area contributed by atoms with Crippen LogP contribution < -0.4 is 10.2 Å². The van der Waals surface area contributed by atoms with Crippen LogP contribution in [0.3, 0.4) is 0 Å². The first-order chi connectivity index (χ1) is 17.5. The molecule has 3 aromatic carbocycles. The number of nitrogens with one attached hydrogen (secondary N) is 1. The molecule has 1 aliphatic rings. The van der Waals surface area contributed by atoms with E-state index in [0.717, 1.165) is 19.5 Å². The van der Waals surface area contributed by atoms with Crippen LogP contribution in [0.25, 0.3) is 10.8 Å². The van der Waals surface area contributed by atoms with Gasteiger partial charge in [-0.3, -0.25) is 0 Å². The summed E-state index contributed by atoms with van der Waals surface area (Å²) in [6.07, 6.45) is 0.919.